The van der Waals surface area contributed by atoms with Gasteiger partial charge in [0.1, 0.15) is 5.82 Å². The molecule has 1 aromatic heterocycles. The molecule has 0 bridgehead atoms. The molecule has 16 heavy (non-hydrogen) atoms. The minimum atomic E-state index is 0.616. The smallest absolute Gasteiger partial charge is 0.127 e. The number of hydrogen-bond donors (Lipinski definition) is 1. The van der Waals surface area contributed by atoms with E-state index in [0.29, 0.717) is 12.1 Å². The predicted molar refractivity (Wildman–Crippen MR) is 62.7 cm³/mol. The molecule has 0 saturated carbocycles. The summed E-state index contributed by atoms with van der Waals surface area (Å²) in [6, 6.07) is 15.6. The first kappa shape index (κ1) is 10.2. The average molecular weight is 209 g/mol. The Morgan fingerprint density at radius 3 is 2.75 bits per heavy atom. The number of benzene rings is 1. The van der Waals surface area contributed by atoms with Crippen LogP contribution in [0, 0.1) is 11.3 Å². The molecule has 0 fully saturated rings. The Labute approximate surface area is 94.4 Å². The van der Waals surface area contributed by atoms with Crippen LogP contribution < -0.4 is 5.32 Å². The molecule has 3 heteroatoms. The largest absolute Gasteiger partial charge is 0.366 e. The van der Waals surface area contributed by atoms with Crippen LogP contribution in [0.3, 0.4) is 0 Å². The maximum Gasteiger partial charge on any atom is 0.127 e. The average Bonchev–Trinajstić information content (AvgIpc) is 2.38. The lowest BCUT2D eigenvalue weighted by Crippen LogP contribution is -2.00. The first-order valence-electron chi connectivity index (χ1n) is 5.02. The van der Waals surface area contributed by atoms with Gasteiger partial charge in [-0.05, 0) is 17.7 Å². The zero-order valence-corrected chi connectivity index (χ0v) is 8.72. The summed E-state index contributed by atoms with van der Waals surface area (Å²) in [5.74, 6) is 0.725. The predicted octanol–water partition coefficient (Wildman–Crippen LogP) is 2.57. The molecule has 3 nitrogen and oxygen atoms in total. The number of hydrogen-bond acceptors (Lipinski definition) is 3. The zero-order chi connectivity index (χ0) is 11.2. The van der Waals surface area contributed by atoms with Crippen LogP contribution in [0.15, 0.2) is 48.7 Å². The fourth-order valence-corrected chi connectivity index (χ4v) is 1.39. The molecule has 0 saturated heterocycles. The molecule has 0 atom stereocenters. The van der Waals surface area contributed by atoms with Gasteiger partial charge >= 0.3 is 0 Å². The van der Waals surface area contributed by atoms with Crippen LogP contribution in [0.25, 0.3) is 0 Å². The van der Waals surface area contributed by atoms with E-state index in [9.17, 15) is 0 Å². The highest BCUT2D eigenvalue weighted by molar-refractivity contribution is 5.42. The van der Waals surface area contributed by atoms with Crippen molar-refractivity contribution in [2.24, 2.45) is 0 Å². The molecule has 1 heterocycles. The van der Waals surface area contributed by atoms with E-state index >= 15 is 0 Å². The van der Waals surface area contributed by atoms with Gasteiger partial charge in [0.15, 0.2) is 0 Å². The molecule has 2 rings (SSSR count). The molecular formula is C13H11N3. The second kappa shape index (κ2) is 4.94. The summed E-state index contributed by atoms with van der Waals surface area (Å²) in [6.45, 7) is 0.711. The Hall–Kier alpha value is -2.34. The van der Waals surface area contributed by atoms with Crippen LogP contribution in [-0.4, -0.2) is 4.98 Å². The van der Waals surface area contributed by atoms with E-state index in [1.54, 1.807) is 18.3 Å². The van der Waals surface area contributed by atoms with Gasteiger partial charge in [-0.2, -0.15) is 5.26 Å². The van der Waals surface area contributed by atoms with Crippen molar-refractivity contribution in [3.63, 3.8) is 0 Å². The summed E-state index contributed by atoms with van der Waals surface area (Å²) in [4.78, 5) is 4.14. The van der Waals surface area contributed by atoms with Crippen molar-refractivity contribution in [3.05, 3.63) is 59.8 Å². The van der Waals surface area contributed by atoms with Crippen molar-refractivity contribution in [1.82, 2.24) is 4.98 Å². The highest BCUT2D eigenvalue weighted by Gasteiger charge is 1.96. The highest BCUT2D eigenvalue weighted by Crippen LogP contribution is 2.07. The monoisotopic (exact) mass is 209 g/mol. The topological polar surface area (TPSA) is 48.7 Å². The lowest BCUT2D eigenvalue weighted by molar-refractivity contribution is 1.11. The maximum absolute atomic E-state index is 8.74. The minimum Gasteiger partial charge on any atom is -0.366 e. The summed E-state index contributed by atoms with van der Waals surface area (Å²) >= 11 is 0. The van der Waals surface area contributed by atoms with Crippen LogP contribution in [-0.2, 0) is 6.54 Å². The van der Waals surface area contributed by atoms with Gasteiger partial charge < -0.3 is 5.32 Å². The molecule has 1 N–H and O–H groups in total. The third-order valence-electron chi connectivity index (χ3n) is 2.21. The van der Waals surface area contributed by atoms with Gasteiger partial charge in [-0.1, -0.05) is 30.3 Å². The van der Waals surface area contributed by atoms with E-state index in [1.165, 1.54) is 5.56 Å². The number of anilines is 1. The lowest BCUT2D eigenvalue weighted by atomic mass is 10.2. The van der Waals surface area contributed by atoms with Gasteiger partial charge in [-0.15, -0.1) is 0 Å². The molecule has 0 aliphatic heterocycles. The Kier molecular flexibility index (Phi) is 3.15. The van der Waals surface area contributed by atoms with E-state index < -0.39 is 0 Å². The van der Waals surface area contributed by atoms with Crippen molar-refractivity contribution in [3.8, 4) is 6.07 Å². The van der Waals surface area contributed by atoms with Crippen LogP contribution in [0.2, 0.25) is 0 Å². The fraction of sp³-hybridized carbons (Fsp3) is 0.0769. The highest BCUT2D eigenvalue weighted by atomic mass is 15.0. The molecule has 1 aromatic carbocycles. The van der Waals surface area contributed by atoms with E-state index in [4.69, 9.17) is 5.26 Å². The third kappa shape index (κ3) is 2.58. The van der Waals surface area contributed by atoms with Gasteiger partial charge in [0, 0.05) is 12.7 Å². The van der Waals surface area contributed by atoms with Crippen LogP contribution in [0.1, 0.15) is 11.1 Å². The SMILES string of the molecule is N#Cc1ccnc(NCc2ccccc2)c1. The van der Waals surface area contributed by atoms with Gasteiger partial charge in [0.05, 0.1) is 11.6 Å². The fourth-order valence-electron chi connectivity index (χ4n) is 1.39. The van der Waals surface area contributed by atoms with Crippen LogP contribution in [0.4, 0.5) is 5.82 Å². The van der Waals surface area contributed by atoms with Crippen LogP contribution >= 0.6 is 0 Å². The molecule has 0 unspecified atom stereocenters. The normalized spacial score (nSPS) is 9.44. The summed E-state index contributed by atoms with van der Waals surface area (Å²) in [7, 11) is 0. The van der Waals surface area contributed by atoms with Gasteiger partial charge in [0.25, 0.3) is 0 Å². The van der Waals surface area contributed by atoms with Crippen LogP contribution in [0.5, 0.6) is 0 Å². The first-order valence-corrected chi connectivity index (χ1v) is 5.02. The molecule has 78 valence electrons. The number of pyridine rings is 1. The molecule has 0 aliphatic carbocycles. The first-order chi connectivity index (χ1) is 7.88. The lowest BCUT2D eigenvalue weighted by Gasteiger charge is -2.05. The quantitative estimate of drug-likeness (QED) is 0.845. The summed E-state index contributed by atoms with van der Waals surface area (Å²) in [6.07, 6.45) is 1.63. The van der Waals surface area contributed by atoms with Crippen molar-refractivity contribution >= 4 is 5.82 Å². The van der Waals surface area contributed by atoms with E-state index in [-0.39, 0.29) is 0 Å². The third-order valence-corrected chi connectivity index (χ3v) is 2.21. The Morgan fingerprint density at radius 2 is 2.00 bits per heavy atom. The standard InChI is InChI=1S/C13H11N3/c14-9-12-6-7-15-13(8-12)16-10-11-4-2-1-3-5-11/h1-8H,10H2,(H,15,16). The molecule has 0 radical (unpaired) electrons. The molecular weight excluding hydrogens is 198 g/mol. The number of nitrogens with zero attached hydrogens (tertiary/aromatic N) is 2. The van der Waals surface area contributed by atoms with Gasteiger partial charge in [0.2, 0.25) is 0 Å². The zero-order valence-electron chi connectivity index (χ0n) is 8.72. The minimum absolute atomic E-state index is 0.616. The van der Waals surface area contributed by atoms with Gasteiger partial charge in [-0.25, -0.2) is 4.98 Å². The molecule has 0 amide bonds. The second-order valence-electron chi connectivity index (χ2n) is 3.38. The molecule has 0 spiro atoms. The Balaban J connectivity index is 2.03. The van der Waals surface area contributed by atoms with Crippen molar-refractivity contribution < 1.29 is 0 Å². The Bertz CT molecular complexity index is 500. The molecule has 2 aromatic rings. The molecule has 0 aliphatic rings. The van der Waals surface area contributed by atoms with Crippen molar-refractivity contribution in [2.45, 2.75) is 6.54 Å². The maximum atomic E-state index is 8.74. The van der Waals surface area contributed by atoms with E-state index in [2.05, 4.69) is 16.4 Å². The van der Waals surface area contributed by atoms with E-state index in [0.717, 1.165) is 5.82 Å². The number of nitrogens with one attached hydrogen (secondary N) is 1. The van der Waals surface area contributed by atoms with Gasteiger partial charge in [-0.3, -0.25) is 0 Å². The Morgan fingerprint density at radius 1 is 1.19 bits per heavy atom. The number of aromatic nitrogens is 1. The van der Waals surface area contributed by atoms with E-state index in [1.807, 2.05) is 30.3 Å². The number of nitriles is 1. The summed E-state index contributed by atoms with van der Waals surface area (Å²) in [5, 5.41) is 11.9. The van der Waals surface area contributed by atoms with Crippen molar-refractivity contribution in [2.75, 3.05) is 5.32 Å². The van der Waals surface area contributed by atoms with Crippen molar-refractivity contribution in [1.29, 1.82) is 5.26 Å². The summed E-state index contributed by atoms with van der Waals surface area (Å²) in [5.41, 5.74) is 1.80. The second-order valence-corrected chi connectivity index (χ2v) is 3.38. The number of rotatable bonds is 3. The summed E-state index contributed by atoms with van der Waals surface area (Å²) < 4.78 is 0.